The summed E-state index contributed by atoms with van der Waals surface area (Å²) in [7, 11) is 1.57. The maximum atomic E-state index is 13.3. The van der Waals surface area contributed by atoms with Crippen LogP contribution in [-0.2, 0) is 4.79 Å². The van der Waals surface area contributed by atoms with Gasteiger partial charge in [-0.15, -0.1) is 11.8 Å². The normalized spacial score (nSPS) is 11.4. The van der Waals surface area contributed by atoms with E-state index in [2.05, 4.69) is 10.6 Å². The maximum Gasteiger partial charge on any atom is 0.255 e. The Hall–Kier alpha value is -4.03. The summed E-state index contributed by atoms with van der Waals surface area (Å²) in [6.45, 7) is 4.08. The summed E-state index contributed by atoms with van der Waals surface area (Å²) in [5, 5.41) is 5.53. The smallest absolute Gasteiger partial charge is 0.255 e. The van der Waals surface area contributed by atoms with Gasteiger partial charge in [-0.2, -0.15) is 0 Å². The Balaban J connectivity index is 1.48. The van der Waals surface area contributed by atoms with Crippen LogP contribution in [0, 0.1) is 13.8 Å². The van der Waals surface area contributed by atoms with Crippen molar-refractivity contribution < 1.29 is 14.3 Å². The molecule has 0 fully saturated rings. The average Bonchev–Trinajstić information content (AvgIpc) is 2.90. The van der Waals surface area contributed by atoms with Crippen LogP contribution in [0.25, 0.3) is 0 Å². The zero-order valence-electron chi connectivity index (χ0n) is 20.4. The Morgan fingerprint density at radius 3 is 2.17 bits per heavy atom. The SMILES string of the molecule is COc1cccc(C(=O)Nc2ccc(SC(C(=O)Nc3ccc(C)c(C)c3)c3ccccc3)cc2)c1. The van der Waals surface area contributed by atoms with E-state index in [1.54, 1.807) is 31.4 Å². The second kappa shape index (κ2) is 11.6. The number of thioether (sulfide) groups is 1. The molecule has 4 aromatic carbocycles. The van der Waals surface area contributed by atoms with E-state index >= 15 is 0 Å². The van der Waals surface area contributed by atoms with Gasteiger partial charge in [-0.25, -0.2) is 0 Å². The molecule has 0 heterocycles. The van der Waals surface area contributed by atoms with E-state index < -0.39 is 5.25 Å². The molecule has 0 radical (unpaired) electrons. The van der Waals surface area contributed by atoms with Crippen LogP contribution in [0.1, 0.15) is 32.3 Å². The Kier molecular flexibility index (Phi) is 8.08. The third-order valence-corrected chi connectivity index (χ3v) is 7.08. The summed E-state index contributed by atoms with van der Waals surface area (Å²) in [6, 6.07) is 30.1. The molecule has 0 aliphatic rings. The van der Waals surface area contributed by atoms with Crippen LogP contribution in [-0.4, -0.2) is 18.9 Å². The summed E-state index contributed by atoms with van der Waals surface area (Å²) in [5.74, 6) is 0.314. The summed E-state index contributed by atoms with van der Waals surface area (Å²) >= 11 is 1.46. The van der Waals surface area contributed by atoms with Crippen LogP contribution in [0.4, 0.5) is 11.4 Å². The predicted molar refractivity (Wildman–Crippen MR) is 147 cm³/mol. The Morgan fingerprint density at radius 1 is 0.750 bits per heavy atom. The van der Waals surface area contributed by atoms with Gasteiger partial charge in [0.1, 0.15) is 11.0 Å². The molecular formula is C30H28N2O3S. The summed E-state index contributed by atoms with van der Waals surface area (Å²) < 4.78 is 5.20. The first-order valence-electron chi connectivity index (χ1n) is 11.6. The van der Waals surface area contributed by atoms with Crippen LogP contribution in [0.5, 0.6) is 5.75 Å². The minimum atomic E-state index is -0.440. The van der Waals surface area contributed by atoms with Crippen molar-refractivity contribution in [3.8, 4) is 5.75 Å². The number of amides is 2. The van der Waals surface area contributed by atoms with Gasteiger partial charge in [0.05, 0.1) is 7.11 Å². The van der Waals surface area contributed by atoms with Gasteiger partial charge in [-0.3, -0.25) is 9.59 Å². The molecule has 0 bridgehead atoms. The summed E-state index contributed by atoms with van der Waals surface area (Å²) in [5.41, 5.74) is 5.19. The molecule has 0 aliphatic carbocycles. The van der Waals surface area contributed by atoms with E-state index in [1.807, 2.05) is 86.6 Å². The molecule has 4 rings (SSSR count). The molecule has 5 nitrogen and oxygen atoms in total. The molecule has 0 saturated carbocycles. The van der Waals surface area contributed by atoms with Crippen molar-refractivity contribution in [2.75, 3.05) is 17.7 Å². The van der Waals surface area contributed by atoms with Crippen molar-refractivity contribution in [2.24, 2.45) is 0 Å². The second-order valence-corrected chi connectivity index (χ2v) is 9.59. The van der Waals surface area contributed by atoms with Crippen molar-refractivity contribution >= 4 is 35.0 Å². The van der Waals surface area contributed by atoms with Crippen molar-refractivity contribution in [1.29, 1.82) is 0 Å². The third kappa shape index (κ3) is 6.34. The van der Waals surface area contributed by atoms with Crippen molar-refractivity contribution in [2.45, 2.75) is 24.0 Å². The van der Waals surface area contributed by atoms with Gasteiger partial charge in [-0.1, -0.05) is 42.5 Å². The number of ether oxygens (including phenoxy) is 1. The van der Waals surface area contributed by atoms with Crippen LogP contribution in [0.2, 0.25) is 0 Å². The predicted octanol–water partition coefficient (Wildman–Crippen LogP) is 7.04. The van der Waals surface area contributed by atoms with Crippen molar-refractivity contribution in [3.05, 3.63) is 119 Å². The highest BCUT2D eigenvalue weighted by Gasteiger charge is 2.22. The number of hydrogen-bond donors (Lipinski definition) is 2. The van der Waals surface area contributed by atoms with E-state index in [-0.39, 0.29) is 11.8 Å². The molecule has 6 heteroatoms. The first-order valence-corrected chi connectivity index (χ1v) is 12.5. The Labute approximate surface area is 215 Å². The van der Waals surface area contributed by atoms with Gasteiger partial charge in [-0.05, 0) is 85.1 Å². The van der Waals surface area contributed by atoms with Crippen molar-refractivity contribution in [3.63, 3.8) is 0 Å². The van der Waals surface area contributed by atoms with Gasteiger partial charge in [0, 0.05) is 21.8 Å². The number of carbonyl (C=O) groups excluding carboxylic acids is 2. The zero-order valence-corrected chi connectivity index (χ0v) is 21.3. The molecular weight excluding hydrogens is 468 g/mol. The molecule has 182 valence electrons. The van der Waals surface area contributed by atoms with Gasteiger partial charge in [0.25, 0.3) is 5.91 Å². The highest BCUT2D eigenvalue weighted by molar-refractivity contribution is 8.00. The molecule has 2 amide bonds. The van der Waals surface area contributed by atoms with E-state index in [0.717, 1.165) is 21.7 Å². The summed E-state index contributed by atoms with van der Waals surface area (Å²) in [4.78, 5) is 26.9. The zero-order chi connectivity index (χ0) is 25.5. The van der Waals surface area contributed by atoms with Crippen LogP contribution in [0.3, 0.4) is 0 Å². The number of benzene rings is 4. The van der Waals surface area contributed by atoms with Crippen molar-refractivity contribution in [1.82, 2.24) is 0 Å². The fourth-order valence-electron chi connectivity index (χ4n) is 3.65. The van der Waals surface area contributed by atoms with Gasteiger partial charge >= 0.3 is 0 Å². The van der Waals surface area contributed by atoms with E-state index in [0.29, 0.717) is 17.0 Å². The average molecular weight is 497 g/mol. The molecule has 2 N–H and O–H groups in total. The minimum absolute atomic E-state index is 0.0927. The molecule has 1 unspecified atom stereocenters. The maximum absolute atomic E-state index is 13.3. The lowest BCUT2D eigenvalue weighted by atomic mass is 10.1. The monoisotopic (exact) mass is 496 g/mol. The van der Waals surface area contributed by atoms with Crippen LogP contribution in [0.15, 0.2) is 102 Å². The van der Waals surface area contributed by atoms with Crippen LogP contribution < -0.4 is 15.4 Å². The largest absolute Gasteiger partial charge is 0.497 e. The van der Waals surface area contributed by atoms with Gasteiger partial charge in [0.15, 0.2) is 0 Å². The number of methoxy groups -OCH3 is 1. The quantitative estimate of drug-likeness (QED) is 0.257. The van der Waals surface area contributed by atoms with Crippen LogP contribution >= 0.6 is 11.8 Å². The molecule has 0 aliphatic heterocycles. The highest BCUT2D eigenvalue weighted by atomic mass is 32.2. The highest BCUT2D eigenvalue weighted by Crippen LogP contribution is 2.37. The third-order valence-electron chi connectivity index (χ3n) is 5.81. The fourth-order valence-corrected chi connectivity index (χ4v) is 4.67. The fraction of sp³-hybridized carbons (Fsp3) is 0.133. The minimum Gasteiger partial charge on any atom is -0.497 e. The van der Waals surface area contributed by atoms with E-state index in [4.69, 9.17) is 4.74 Å². The molecule has 0 saturated heterocycles. The lowest BCUT2D eigenvalue weighted by molar-refractivity contribution is -0.115. The topological polar surface area (TPSA) is 67.4 Å². The number of nitrogens with one attached hydrogen (secondary N) is 2. The standard InChI is InChI=1S/C30H28N2O3S/c1-20-12-13-25(18-21(20)2)32-30(34)28(22-8-5-4-6-9-22)36-27-16-14-24(15-17-27)31-29(33)23-10-7-11-26(19-23)35-3/h4-19,28H,1-3H3,(H,31,33)(H,32,34). The second-order valence-electron chi connectivity index (χ2n) is 8.41. The first kappa shape index (κ1) is 25.1. The first-order chi connectivity index (χ1) is 17.4. The molecule has 1 atom stereocenters. The van der Waals surface area contributed by atoms with E-state index in [9.17, 15) is 9.59 Å². The Morgan fingerprint density at radius 2 is 1.47 bits per heavy atom. The van der Waals surface area contributed by atoms with Gasteiger partial charge in [0.2, 0.25) is 5.91 Å². The lowest BCUT2D eigenvalue weighted by Gasteiger charge is -2.18. The molecule has 36 heavy (non-hydrogen) atoms. The molecule has 4 aromatic rings. The Bertz CT molecular complexity index is 1350. The molecule has 0 spiro atoms. The number of carbonyl (C=O) groups is 2. The summed E-state index contributed by atoms with van der Waals surface area (Å²) in [6.07, 6.45) is 0. The number of hydrogen-bond acceptors (Lipinski definition) is 4. The number of aryl methyl sites for hydroxylation is 2. The molecule has 0 aromatic heterocycles. The number of rotatable bonds is 8. The van der Waals surface area contributed by atoms with Gasteiger partial charge < -0.3 is 15.4 Å². The lowest BCUT2D eigenvalue weighted by Crippen LogP contribution is -2.19. The number of anilines is 2. The van der Waals surface area contributed by atoms with E-state index in [1.165, 1.54) is 17.3 Å².